The quantitative estimate of drug-likeness (QED) is 0.0320. The predicted octanol–water partition coefficient (Wildman–Crippen LogP) is 14.5. The molecule has 7 nitrogen and oxygen atoms in total. The number of nitrogens with one attached hydrogen (secondary N) is 1. The van der Waals surface area contributed by atoms with Crippen molar-refractivity contribution >= 4 is 17.8 Å². The van der Waals surface area contributed by atoms with Gasteiger partial charge in [-0.1, -0.05) is 176 Å². The van der Waals surface area contributed by atoms with Crippen LogP contribution in [0.5, 0.6) is 0 Å². The van der Waals surface area contributed by atoms with Crippen molar-refractivity contribution in [1.29, 1.82) is 0 Å². The molecule has 0 aliphatic rings. The van der Waals surface area contributed by atoms with Crippen LogP contribution in [0.3, 0.4) is 0 Å². The molecule has 0 radical (unpaired) electrons. The zero-order valence-electron chi connectivity index (χ0n) is 38.5. The van der Waals surface area contributed by atoms with Gasteiger partial charge in [-0.25, -0.2) is 4.79 Å². The number of carbonyl (C=O) groups is 3. The van der Waals surface area contributed by atoms with E-state index in [2.05, 4.69) is 104 Å². The topological polar surface area (TPSA) is 119 Å². The first kappa shape index (κ1) is 56.5. The fraction of sp³-hybridized carbons (Fsp3) is 0.679. The Kier molecular flexibility index (Phi) is 43.9. The van der Waals surface area contributed by atoms with Gasteiger partial charge < -0.3 is 20.9 Å². The van der Waals surface area contributed by atoms with Gasteiger partial charge in [-0.05, 0) is 115 Å². The highest BCUT2D eigenvalue weighted by Gasteiger charge is 2.19. The highest BCUT2D eigenvalue weighted by atomic mass is 16.5. The molecule has 0 aliphatic carbocycles. The summed E-state index contributed by atoms with van der Waals surface area (Å²) in [6.45, 7) is 4.79. The Balaban J connectivity index is 4.29. The third-order valence-electron chi connectivity index (χ3n) is 10.4. The Bertz CT molecular complexity index is 1210. The van der Waals surface area contributed by atoms with E-state index in [1.165, 1.54) is 77.0 Å². The molecule has 0 fully saturated rings. The highest BCUT2D eigenvalue weighted by Crippen LogP contribution is 2.16. The molecule has 0 rings (SSSR count). The van der Waals surface area contributed by atoms with E-state index in [0.29, 0.717) is 32.2 Å². The van der Waals surface area contributed by atoms with E-state index in [9.17, 15) is 19.5 Å². The summed E-state index contributed by atoms with van der Waals surface area (Å²) in [5.41, 5.74) is 5.49. The van der Waals surface area contributed by atoms with Crippen molar-refractivity contribution in [3.05, 3.63) is 85.1 Å². The second kappa shape index (κ2) is 46.6. The number of hydrogen-bond donors (Lipinski definition) is 3. The van der Waals surface area contributed by atoms with Crippen LogP contribution in [0.25, 0.3) is 0 Å². The van der Waals surface area contributed by atoms with Gasteiger partial charge in [-0.3, -0.25) is 9.59 Å². The Labute approximate surface area is 368 Å². The molecule has 0 saturated carbocycles. The van der Waals surface area contributed by atoms with E-state index in [4.69, 9.17) is 10.5 Å². The lowest BCUT2D eigenvalue weighted by Crippen LogP contribution is -2.40. The minimum atomic E-state index is -1.01. The number of unbranched alkanes of at least 4 members (excludes halogenated alkanes) is 17. The number of ether oxygens (including phenoxy) is 1. The largest absolute Gasteiger partial charge is 0.480 e. The Morgan fingerprint density at radius 1 is 0.517 bits per heavy atom. The van der Waals surface area contributed by atoms with Crippen LogP contribution in [0.15, 0.2) is 85.1 Å². The number of rotatable bonds is 43. The monoisotopic (exact) mass is 835 g/mol. The molecular weight excluding hydrogens is 745 g/mol. The summed E-state index contributed by atoms with van der Waals surface area (Å²) in [5.74, 6) is -1.33. The van der Waals surface area contributed by atoms with Crippen LogP contribution >= 0.6 is 0 Å². The van der Waals surface area contributed by atoms with E-state index in [-0.39, 0.29) is 18.0 Å². The molecule has 0 aromatic carbocycles. The van der Waals surface area contributed by atoms with Gasteiger partial charge in [-0.2, -0.15) is 0 Å². The van der Waals surface area contributed by atoms with Gasteiger partial charge in [0.15, 0.2) is 0 Å². The summed E-state index contributed by atoms with van der Waals surface area (Å²) in [6.07, 6.45) is 62.3. The van der Waals surface area contributed by atoms with E-state index < -0.39 is 12.0 Å². The first-order valence-electron chi connectivity index (χ1n) is 24.4. The summed E-state index contributed by atoms with van der Waals surface area (Å²) in [6, 6.07) is -0.870. The lowest BCUT2D eigenvalue weighted by Gasteiger charge is -2.15. The second-order valence-corrected chi connectivity index (χ2v) is 16.1. The van der Waals surface area contributed by atoms with Crippen molar-refractivity contribution in [3.8, 4) is 0 Å². The molecule has 342 valence electrons. The molecule has 2 unspecified atom stereocenters. The zero-order chi connectivity index (χ0) is 43.8. The van der Waals surface area contributed by atoms with Gasteiger partial charge in [0.1, 0.15) is 12.1 Å². The highest BCUT2D eigenvalue weighted by molar-refractivity contribution is 5.83. The molecule has 0 aromatic rings. The van der Waals surface area contributed by atoms with Crippen molar-refractivity contribution in [2.45, 2.75) is 225 Å². The number of aliphatic carboxylic acids is 1. The van der Waals surface area contributed by atoms with Crippen LogP contribution in [-0.4, -0.2) is 41.6 Å². The minimum Gasteiger partial charge on any atom is -0.480 e. The first-order valence-corrected chi connectivity index (χ1v) is 24.4. The van der Waals surface area contributed by atoms with Crippen LogP contribution in [0.4, 0.5) is 0 Å². The van der Waals surface area contributed by atoms with E-state index in [0.717, 1.165) is 96.3 Å². The number of esters is 1. The Hall–Kier alpha value is -3.45. The summed E-state index contributed by atoms with van der Waals surface area (Å²) in [5, 5.41) is 11.9. The van der Waals surface area contributed by atoms with Crippen LogP contribution in [0, 0.1) is 0 Å². The van der Waals surface area contributed by atoms with Gasteiger partial charge in [0, 0.05) is 12.8 Å². The average molecular weight is 835 g/mol. The van der Waals surface area contributed by atoms with Crippen LogP contribution < -0.4 is 11.1 Å². The minimum absolute atomic E-state index is 0.101. The number of carboxylic acids is 1. The van der Waals surface area contributed by atoms with Gasteiger partial charge in [-0.15, -0.1) is 0 Å². The molecule has 2 atom stereocenters. The number of hydrogen-bond acceptors (Lipinski definition) is 5. The van der Waals surface area contributed by atoms with Crippen LogP contribution in [0.2, 0.25) is 0 Å². The van der Waals surface area contributed by atoms with Gasteiger partial charge in [0.05, 0.1) is 0 Å². The summed E-state index contributed by atoms with van der Waals surface area (Å²) in [7, 11) is 0. The summed E-state index contributed by atoms with van der Waals surface area (Å²) < 4.78 is 5.95. The van der Waals surface area contributed by atoms with Crippen LogP contribution in [0.1, 0.15) is 213 Å². The number of amides is 1. The van der Waals surface area contributed by atoms with Gasteiger partial charge in [0.25, 0.3) is 0 Å². The molecule has 1 amide bonds. The Morgan fingerprint density at radius 3 is 1.48 bits per heavy atom. The molecule has 7 heteroatoms. The molecule has 0 saturated heterocycles. The van der Waals surface area contributed by atoms with Crippen molar-refractivity contribution in [2.75, 3.05) is 6.54 Å². The van der Waals surface area contributed by atoms with E-state index in [1.807, 2.05) is 0 Å². The molecule has 0 aliphatic heterocycles. The summed E-state index contributed by atoms with van der Waals surface area (Å²) in [4.78, 5) is 36.4. The predicted molar refractivity (Wildman–Crippen MR) is 257 cm³/mol. The maximum atomic E-state index is 12.8. The Morgan fingerprint density at radius 2 is 0.967 bits per heavy atom. The molecule has 4 N–H and O–H groups in total. The van der Waals surface area contributed by atoms with Crippen molar-refractivity contribution in [2.24, 2.45) is 5.73 Å². The maximum absolute atomic E-state index is 12.8. The third kappa shape index (κ3) is 42.7. The molecule has 0 heterocycles. The molecule has 0 spiro atoms. The van der Waals surface area contributed by atoms with E-state index in [1.54, 1.807) is 0 Å². The van der Waals surface area contributed by atoms with Gasteiger partial charge >= 0.3 is 11.9 Å². The lowest BCUT2D eigenvalue weighted by atomic mass is 10.0. The lowest BCUT2D eigenvalue weighted by molar-refractivity contribution is -0.147. The van der Waals surface area contributed by atoms with Crippen molar-refractivity contribution in [3.63, 3.8) is 0 Å². The number of nitrogens with two attached hydrogens (primary N) is 1. The normalized spacial score (nSPS) is 13.4. The number of allylic oxidation sites excluding steroid dienone is 13. The fourth-order valence-electron chi connectivity index (χ4n) is 6.78. The zero-order valence-corrected chi connectivity index (χ0v) is 38.5. The van der Waals surface area contributed by atoms with E-state index >= 15 is 0 Å². The molecule has 0 bridgehead atoms. The number of carboxylic acid groups (broad SMARTS) is 1. The average Bonchev–Trinajstić information content (AvgIpc) is 3.23. The summed E-state index contributed by atoms with van der Waals surface area (Å²) >= 11 is 0. The first-order chi connectivity index (χ1) is 29.4. The standard InChI is InChI=1S/C53H90N2O5/c1-3-5-7-9-11-13-15-16-17-18-19-20-21-22-23-24-25-26-28-30-32-37-41-47-52(57)60-49(43-38-34-31-29-27-14-12-10-8-6-4-2)44-39-35-33-36-40-46-51(56)55-50(53(58)59)45-42-48-54/h5,7,11-14,16-17,19-20,29,31,38,43,49-50H,3-4,6,8-10,15,18,21-28,30,32-37,39-42,44-48,54H2,1-2H3,(H,55,56)(H,58,59)/b7-5-,13-11-,14-12-,17-16-,20-19-,31-29-,43-38-. The number of carbonyl (C=O) groups excluding carboxylic acids is 2. The molecule has 0 aromatic heterocycles. The van der Waals surface area contributed by atoms with Crippen LogP contribution in [-0.2, 0) is 19.1 Å². The molecular formula is C53H90N2O5. The fourth-order valence-corrected chi connectivity index (χ4v) is 6.78. The van der Waals surface area contributed by atoms with Crippen molar-refractivity contribution < 1.29 is 24.2 Å². The smallest absolute Gasteiger partial charge is 0.326 e. The van der Waals surface area contributed by atoms with Gasteiger partial charge in [0.2, 0.25) is 5.91 Å². The molecule has 60 heavy (non-hydrogen) atoms. The maximum Gasteiger partial charge on any atom is 0.326 e. The second-order valence-electron chi connectivity index (χ2n) is 16.1. The van der Waals surface area contributed by atoms with Crippen molar-refractivity contribution in [1.82, 2.24) is 5.32 Å². The SMILES string of the molecule is CC/C=C\C/C=C\C/C=C\C/C=C\CCCCCCCCCCCCC(=O)OC(/C=C\C/C=C\C/C=C\CCCCC)CCCCCCCC(=O)NC(CCCN)C(=O)O. The third-order valence-corrected chi connectivity index (χ3v) is 10.4.